The third-order valence-electron chi connectivity index (χ3n) is 3.24. The van der Waals surface area contributed by atoms with Crippen LogP contribution in [0.1, 0.15) is 13.3 Å². The van der Waals surface area contributed by atoms with Crippen molar-refractivity contribution in [3.8, 4) is 0 Å². The summed E-state index contributed by atoms with van der Waals surface area (Å²) in [6.45, 7) is 3.67. The largest absolute Gasteiger partial charge is 0.375 e. The van der Waals surface area contributed by atoms with Crippen molar-refractivity contribution in [2.24, 2.45) is 0 Å². The Morgan fingerprint density at radius 1 is 1.32 bits per heavy atom. The highest BCUT2D eigenvalue weighted by Gasteiger charge is 2.17. The Labute approximate surface area is 130 Å². The minimum Gasteiger partial charge on any atom is -0.375 e. The molecule has 122 valence electrons. The van der Waals surface area contributed by atoms with Crippen LogP contribution in [-0.4, -0.2) is 45.9 Å². The second-order valence-corrected chi connectivity index (χ2v) is 7.04. The molecule has 0 radical (unpaired) electrons. The van der Waals surface area contributed by atoms with Gasteiger partial charge in [0, 0.05) is 24.5 Å². The first-order chi connectivity index (χ1) is 10.5. The summed E-state index contributed by atoms with van der Waals surface area (Å²) in [5.41, 5.74) is 1.09. The van der Waals surface area contributed by atoms with E-state index in [0.29, 0.717) is 24.5 Å². The molecule has 1 amide bonds. The molecule has 1 heterocycles. The molecule has 1 saturated heterocycles. The average molecular weight is 327 g/mol. The van der Waals surface area contributed by atoms with Gasteiger partial charge in [-0.25, -0.2) is 8.42 Å². The first kappa shape index (κ1) is 16.7. The maximum Gasteiger partial charge on any atom is 0.232 e. The third-order valence-corrected chi connectivity index (χ3v) is 4.55. The van der Waals surface area contributed by atoms with Crippen LogP contribution < -0.4 is 15.4 Å². The molecule has 1 aromatic rings. The number of morpholine rings is 1. The fraction of sp³-hybridized carbons (Fsp3) is 0.500. The second kappa shape index (κ2) is 7.57. The number of benzene rings is 1. The lowest BCUT2D eigenvalue weighted by atomic mass is 10.2. The molecule has 0 aromatic heterocycles. The SMILES string of the molecule is CCS(=O)(=O)Nc1ccc(NC(=O)CC2CNCCO2)cc1. The molecule has 1 aromatic carbocycles. The number of carbonyl (C=O) groups is 1. The Hall–Kier alpha value is -1.64. The molecule has 22 heavy (non-hydrogen) atoms. The van der Waals surface area contributed by atoms with Crippen LogP contribution in [0.3, 0.4) is 0 Å². The van der Waals surface area contributed by atoms with Gasteiger partial charge in [0.25, 0.3) is 0 Å². The summed E-state index contributed by atoms with van der Waals surface area (Å²) in [5.74, 6) is -0.114. The molecule has 1 aliphatic rings. The van der Waals surface area contributed by atoms with Crippen molar-refractivity contribution in [1.82, 2.24) is 5.32 Å². The summed E-state index contributed by atoms with van der Waals surface area (Å²) in [7, 11) is -3.29. The molecule has 1 atom stereocenters. The van der Waals surface area contributed by atoms with Gasteiger partial charge in [-0.2, -0.15) is 0 Å². The lowest BCUT2D eigenvalue weighted by molar-refractivity contribution is -0.119. The smallest absolute Gasteiger partial charge is 0.232 e. The zero-order valence-electron chi connectivity index (χ0n) is 12.5. The summed E-state index contributed by atoms with van der Waals surface area (Å²) in [6.07, 6.45) is 0.182. The highest BCUT2D eigenvalue weighted by atomic mass is 32.2. The number of ether oxygens (including phenoxy) is 1. The Morgan fingerprint density at radius 2 is 2.00 bits per heavy atom. The Bertz CT molecular complexity index is 595. The standard InChI is InChI=1S/C14H21N3O4S/c1-2-22(19,20)17-12-5-3-11(4-6-12)16-14(18)9-13-10-15-7-8-21-13/h3-6,13,15,17H,2,7-10H2,1H3,(H,16,18). The van der Waals surface area contributed by atoms with Gasteiger partial charge in [0.2, 0.25) is 15.9 Å². The molecule has 0 bridgehead atoms. The second-order valence-electron chi connectivity index (χ2n) is 5.03. The molecular weight excluding hydrogens is 306 g/mol. The van der Waals surface area contributed by atoms with Gasteiger partial charge in [0.1, 0.15) is 0 Å². The van der Waals surface area contributed by atoms with Gasteiger partial charge < -0.3 is 15.4 Å². The molecule has 7 nitrogen and oxygen atoms in total. The summed E-state index contributed by atoms with van der Waals surface area (Å²) < 4.78 is 30.8. The molecule has 1 fully saturated rings. The molecule has 0 aliphatic carbocycles. The molecule has 1 aliphatic heterocycles. The first-order valence-electron chi connectivity index (χ1n) is 7.21. The van der Waals surface area contributed by atoms with Crippen molar-refractivity contribution in [1.29, 1.82) is 0 Å². The maximum absolute atomic E-state index is 11.9. The molecule has 8 heteroatoms. The van der Waals surface area contributed by atoms with E-state index >= 15 is 0 Å². The van der Waals surface area contributed by atoms with Crippen molar-refractivity contribution < 1.29 is 17.9 Å². The molecule has 0 spiro atoms. The zero-order chi connectivity index (χ0) is 16.0. The zero-order valence-corrected chi connectivity index (χ0v) is 13.3. The lowest BCUT2D eigenvalue weighted by Crippen LogP contribution is -2.40. The topological polar surface area (TPSA) is 96.5 Å². The summed E-state index contributed by atoms with van der Waals surface area (Å²) >= 11 is 0. The minimum absolute atomic E-state index is 0.0148. The van der Waals surface area contributed by atoms with Crippen LogP contribution >= 0.6 is 0 Å². The van der Waals surface area contributed by atoms with E-state index in [-0.39, 0.29) is 24.2 Å². The Morgan fingerprint density at radius 3 is 2.59 bits per heavy atom. The van der Waals surface area contributed by atoms with E-state index in [1.54, 1.807) is 31.2 Å². The van der Waals surface area contributed by atoms with Crippen LogP contribution in [0.15, 0.2) is 24.3 Å². The van der Waals surface area contributed by atoms with Crippen molar-refractivity contribution in [3.05, 3.63) is 24.3 Å². The molecule has 2 rings (SSSR count). The van der Waals surface area contributed by atoms with Crippen molar-refractivity contribution in [2.45, 2.75) is 19.4 Å². The van der Waals surface area contributed by atoms with Gasteiger partial charge in [-0.3, -0.25) is 9.52 Å². The Balaban J connectivity index is 1.86. The summed E-state index contributed by atoms with van der Waals surface area (Å²) in [6, 6.07) is 6.54. The number of anilines is 2. The van der Waals surface area contributed by atoms with Gasteiger partial charge in [-0.05, 0) is 31.2 Å². The predicted molar refractivity (Wildman–Crippen MR) is 85.4 cm³/mol. The number of hydrogen-bond donors (Lipinski definition) is 3. The van der Waals surface area contributed by atoms with Crippen LogP contribution in [0.25, 0.3) is 0 Å². The third kappa shape index (κ3) is 5.28. The van der Waals surface area contributed by atoms with E-state index < -0.39 is 10.0 Å². The Kier molecular flexibility index (Phi) is 5.76. The number of hydrogen-bond acceptors (Lipinski definition) is 5. The fourth-order valence-corrected chi connectivity index (χ4v) is 2.68. The van der Waals surface area contributed by atoms with Crippen molar-refractivity contribution >= 4 is 27.3 Å². The highest BCUT2D eigenvalue weighted by Crippen LogP contribution is 2.15. The predicted octanol–water partition coefficient (Wildman–Crippen LogP) is 0.765. The molecule has 1 unspecified atom stereocenters. The van der Waals surface area contributed by atoms with E-state index in [4.69, 9.17) is 4.74 Å². The van der Waals surface area contributed by atoms with E-state index in [1.165, 1.54) is 0 Å². The highest BCUT2D eigenvalue weighted by molar-refractivity contribution is 7.92. The molecule has 0 saturated carbocycles. The van der Waals surface area contributed by atoms with E-state index in [1.807, 2.05) is 0 Å². The van der Waals surface area contributed by atoms with Crippen LogP contribution in [0.2, 0.25) is 0 Å². The monoisotopic (exact) mass is 327 g/mol. The summed E-state index contributed by atoms with van der Waals surface area (Å²) in [4.78, 5) is 11.9. The van der Waals surface area contributed by atoms with Crippen LogP contribution in [0, 0.1) is 0 Å². The van der Waals surface area contributed by atoms with Crippen LogP contribution in [0.4, 0.5) is 11.4 Å². The quantitative estimate of drug-likeness (QED) is 0.717. The average Bonchev–Trinajstić information content (AvgIpc) is 2.50. The molecule has 3 N–H and O–H groups in total. The maximum atomic E-state index is 11.9. The minimum atomic E-state index is -3.29. The number of sulfonamides is 1. The normalized spacial score (nSPS) is 18.7. The van der Waals surface area contributed by atoms with E-state index in [0.717, 1.165) is 6.54 Å². The van der Waals surface area contributed by atoms with Crippen LogP contribution in [0.5, 0.6) is 0 Å². The number of carbonyl (C=O) groups excluding carboxylic acids is 1. The lowest BCUT2D eigenvalue weighted by Gasteiger charge is -2.23. The molecular formula is C14H21N3O4S. The van der Waals surface area contributed by atoms with Gasteiger partial charge >= 0.3 is 0 Å². The van der Waals surface area contributed by atoms with Crippen molar-refractivity contribution in [3.63, 3.8) is 0 Å². The van der Waals surface area contributed by atoms with Gasteiger partial charge in [-0.15, -0.1) is 0 Å². The number of amides is 1. The summed E-state index contributed by atoms with van der Waals surface area (Å²) in [5, 5.41) is 5.94. The fourth-order valence-electron chi connectivity index (χ4n) is 2.04. The van der Waals surface area contributed by atoms with Crippen LogP contribution in [-0.2, 0) is 19.6 Å². The van der Waals surface area contributed by atoms with Gasteiger partial charge in [0.05, 0.1) is 24.9 Å². The number of nitrogens with one attached hydrogen (secondary N) is 3. The number of rotatable bonds is 6. The van der Waals surface area contributed by atoms with Gasteiger partial charge in [0.15, 0.2) is 0 Å². The first-order valence-corrected chi connectivity index (χ1v) is 8.86. The van der Waals surface area contributed by atoms with Crippen molar-refractivity contribution in [2.75, 3.05) is 35.5 Å². The van der Waals surface area contributed by atoms with Gasteiger partial charge in [-0.1, -0.05) is 0 Å². The van der Waals surface area contributed by atoms with E-state index in [9.17, 15) is 13.2 Å². The van der Waals surface area contributed by atoms with E-state index in [2.05, 4.69) is 15.4 Å².